The lowest BCUT2D eigenvalue weighted by Gasteiger charge is -2.27. The number of hydrogen-bond donors (Lipinski definition) is 1. The van der Waals surface area contributed by atoms with Gasteiger partial charge in [-0.15, -0.1) is 4.31 Å². The number of carbonyl (C=O) groups is 1. The molecule has 2 heterocycles. The van der Waals surface area contributed by atoms with Crippen LogP contribution in [0.3, 0.4) is 0 Å². The molecule has 0 spiro atoms. The highest BCUT2D eigenvalue weighted by Gasteiger charge is 2.25. The number of piperidine rings is 1. The number of amides is 1. The number of benzene rings is 1. The minimum Gasteiger partial charge on any atom is -0.593 e. The predicted octanol–water partition coefficient (Wildman–Crippen LogP) is 3.40. The molecule has 1 saturated heterocycles. The van der Waals surface area contributed by atoms with Gasteiger partial charge in [0.05, 0.1) is 18.0 Å². The van der Waals surface area contributed by atoms with Gasteiger partial charge in [-0.1, -0.05) is 24.1 Å². The first-order valence-electron chi connectivity index (χ1n) is 8.87. The van der Waals surface area contributed by atoms with Crippen LogP contribution in [0.25, 0.3) is 0 Å². The van der Waals surface area contributed by atoms with E-state index in [1.54, 1.807) is 42.6 Å². The highest BCUT2D eigenvalue weighted by atomic mass is 35.5. The third kappa shape index (κ3) is 5.92. The fourth-order valence-electron chi connectivity index (χ4n) is 2.82. The molecular weight excluding hydrogens is 386 g/mol. The number of nitrogens with zero attached hydrogens (tertiary/aromatic N) is 2. The van der Waals surface area contributed by atoms with E-state index in [1.165, 1.54) is 6.42 Å². The van der Waals surface area contributed by atoms with Crippen LogP contribution in [0, 0.1) is 0 Å². The lowest BCUT2D eigenvalue weighted by molar-refractivity contribution is -0.121. The van der Waals surface area contributed by atoms with Crippen molar-refractivity contribution in [3.63, 3.8) is 0 Å². The molecule has 1 unspecified atom stereocenters. The number of pyridine rings is 1. The molecule has 27 heavy (non-hydrogen) atoms. The van der Waals surface area contributed by atoms with Crippen molar-refractivity contribution in [2.24, 2.45) is 0 Å². The molecule has 1 amide bonds. The summed E-state index contributed by atoms with van der Waals surface area (Å²) in [5.41, 5.74) is 0.713. The maximum absolute atomic E-state index is 12.7. The Balaban J connectivity index is 1.54. The van der Waals surface area contributed by atoms with Crippen molar-refractivity contribution in [3.8, 4) is 0 Å². The van der Waals surface area contributed by atoms with Crippen LogP contribution in [0.5, 0.6) is 0 Å². The molecule has 144 valence electrons. The Morgan fingerprint density at radius 1 is 1.26 bits per heavy atom. The number of anilines is 1. The normalized spacial score (nSPS) is 16.1. The van der Waals surface area contributed by atoms with Crippen molar-refractivity contribution in [2.75, 3.05) is 25.0 Å². The van der Waals surface area contributed by atoms with Gasteiger partial charge in [-0.25, -0.2) is 4.98 Å². The maximum atomic E-state index is 12.7. The molecule has 1 aliphatic heterocycles. The Bertz CT molecular complexity index is 757. The fourth-order valence-corrected chi connectivity index (χ4v) is 4.31. The molecule has 0 saturated carbocycles. The molecule has 1 atom stereocenters. The number of nitrogens with one attached hydrogen (secondary N) is 1. The van der Waals surface area contributed by atoms with E-state index in [2.05, 4.69) is 10.3 Å². The van der Waals surface area contributed by atoms with Crippen LogP contribution >= 0.6 is 11.6 Å². The smallest absolute Gasteiger partial charge is 0.251 e. The molecule has 1 aromatic heterocycles. The SMILES string of the molecule is O=C(COCc1cc([S+]([O-])N2CCCCC2)ccc1Cl)Nc1ccccn1. The van der Waals surface area contributed by atoms with Gasteiger partial charge in [-0.3, -0.25) is 4.79 Å². The van der Waals surface area contributed by atoms with Crippen molar-refractivity contribution in [3.05, 3.63) is 53.2 Å². The van der Waals surface area contributed by atoms with Gasteiger partial charge in [0.15, 0.2) is 4.90 Å². The summed E-state index contributed by atoms with van der Waals surface area (Å²) in [5, 5.41) is 3.18. The van der Waals surface area contributed by atoms with Crippen LogP contribution in [0.1, 0.15) is 24.8 Å². The Morgan fingerprint density at radius 3 is 2.81 bits per heavy atom. The minimum atomic E-state index is -1.20. The molecule has 1 aromatic carbocycles. The quantitative estimate of drug-likeness (QED) is 0.712. The maximum Gasteiger partial charge on any atom is 0.251 e. The van der Waals surface area contributed by atoms with Crippen LogP contribution in [-0.2, 0) is 27.5 Å². The average molecular weight is 408 g/mol. The second-order valence-electron chi connectivity index (χ2n) is 6.25. The molecular formula is C19H22ClN3O3S. The van der Waals surface area contributed by atoms with Gasteiger partial charge in [0.1, 0.15) is 12.4 Å². The minimum absolute atomic E-state index is 0.119. The standard InChI is InChI=1S/C19H22ClN3O3S/c20-17-8-7-16(27(25)23-10-4-1-5-11-23)12-15(17)13-26-14-19(24)22-18-6-2-3-9-21-18/h2-3,6-9,12H,1,4-5,10-11,13-14H2,(H,21,22,24). The van der Waals surface area contributed by atoms with Crippen molar-refractivity contribution in [1.82, 2.24) is 9.29 Å². The zero-order chi connectivity index (χ0) is 19.1. The molecule has 0 aliphatic carbocycles. The third-order valence-corrected chi connectivity index (χ3v) is 6.05. The summed E-state index contributed by atoms with van der Waals surface area (Å²) in [6, 6.07) is 10.6. The van der Waals surface area contributed by atoms with Gasteiger partial charge >= 0.3 is 0 Å². The Morgan fingerprint density at radius 2 is 2.07 bits per heavy atom. The van der Waals surface area contributed by atoms with Crippen LogP contribution in [0.15, 0.2) is 47.5 Å². The number of halogens is 1. The van der Waals surface area contributed by atoms with Gasteiger partial charge in [-0.2, -0.15) is 0 Å². The number of ether oxygens (including phenoxy) is 1. The van der Waals surface area contributed by atoms with E-state index in [1.807, 2.05) is 4.31 Å². The van der Waals surface area contributed by atoms with Crippen LogP contribution in [0.2, 0.25) is 5.02 Å². The summed E-state index contributed by atoms with van der Waals surface area (Å²) < 4.78 is 20.2. The fraction of sp³-hybridized carbons (Fsp3) is 0.368. The average Bonchev–Trinajstić information content (AvgIpc) is 2.70. The summed E-state index contributed by atoms with van der Waals surface area (Å²) in [6.45, 7) is 1.73. The highest BCUT2D eigenvalue weighted by molar-refractivity contribution is 7.89. The Labute approximate surface area is 167 Å². The van der Waals surface area contributed by atoms with E-state index in [0.717, 1.165) is 25.9 Å². The zero-order valence-electron chi connectivity index (χ0n) is 14.9. The first-order valence-corrected chi connectivity index (χ1v) is 10.4. The zero-order valence-corrected chi connectivity index (χ0v) is 16.5. The predicted molar refractivity (Wildman–Crippen MR) is 106 cm³/mol. The molecule has 1 N–H and O–H groups in total. The monoisotopic (exact) mass is 407 g/mol. The largest absolute Gasteiger partial charge is 0.593 e. The van der Waals surface area contributed by atoms with Crippen molar-refractivity contribution < 1.29 is 14.1 Å². The second-order valence-corrected chi connectivity index (χ2v) is 8.14. The summed E-state index contributed by atoms with van der Waals surface area (Å²) in [5.74, 6) is 0.181. The number of aromatic nitrogens is 1. The van der Waals surface area contributed by atoms with E-state index in [4.69, 9.17) is 16.3 Å². The first kappa shape index (κ1) is 20.1. The van der Waals surface area contributed by atoms with Crippen molar-refractivity contribution in [1.29, 1.82) is 0 Å². The highest BCUT2D eigenvalue weighted by Crippen LogP contribution is 2.25. The van der Waals surface area contributed by atoms with E-state index in [0.29, 0.717) is 21.3 Å². The lowest BCUT2D eigenvalue weighted by atomic mass is 10.2. The van der Waals surface area contributed by atoms with E-state index >= 15 is 0 Å². The van der Waals surface area contributed by atoms with Crippen molar-refractivity contribution in [2.45, 2.75) is 30.8 Å². The molecule has 1 fully saturated rings. The second kappa shape index (κ2) is 10.1. The lowest BCUT2D eigenvalue weighted by Crippen LogP contribution is -2.35. The topological polar surface area (TPSA) is 77.5 Å². The molecule has 2 aromatic rings. The van der Waals surface area contributed by atoms with E-state index < -0.39 is 11.4 Å². The van der Waals surface area contributed by atoms with Gasteiger partial charge in [0.2, 0.25) is 0 Å². The van der Waals surface area contributed by atoms with Gasteiger partial charge in [0.25, 0.3) is 5.91 Å². The Hall–Kier alpha value is -1.64. The van der Waals surface area contributed by atoms with Gasteiger partial charge < -0.3 is 14.6 Å². The van der Waals surface area contributed by atoms with Crippen LogP contribution in [0.4, 0.5) is 5.82 Å². The number of hydrogen-bond acceptors (Lipinski definition) is 5. The van der Waals surface area contributed by atoms with E-state index in [9.17, 15) is 9.35 Å². The summed E-state index contributed by atoms with van der Waals surface area (Å²) in [7, 11) is 0. The molecule has 0 bridgehead atoms. The first-order chi connectivity index (χ1) is 13.1. The molecule has 8 heteroatoms. The van der Waals surface area contributed by atoms with Gasteiger partial charge in [0, 0.05) is 35.9 Å². The third-order valence-electron chi connectivity index (χ3n) is 4.19. The summed E-state index contributed by atoms with van der Waals surface area (Å²) in [6.07, 6.45) is 4.93. The molecule has 6 nitrogen and oxygen atoms in total. The van der Waals surface area contributed by atoms with Crippen LogP contribution in [-0.4, -0.2) is 39.4 Å². The molecule has 3 rings (SSSR count). The van der Waals surface area contributed by atoms with Crippen LogP contribution < -0.4 is 5.32 Å². The summed E-state index contributed by atoms with van der Waals surface area (Å²) >= 11 is 5.03. The van der Waals surface area contributed by atoms with Crippen molar-refractivity contribution >= 4 is 34.7 Å². The molecule has 1 aliphatic rings. The molecule has 0 radical (unpaired) electrons. The van der Waals surface area contributed by atoms with Gasteiger partial charge in [-0.05, 0) is 37.1 Å². The Kier molecular flexibility index (Phi) is 7.49. The number of rotatable bonds is 7. The summed E-state index contributed by atoms with van der Waals surface area (Å²) in [4.78, 5) is 16.6. The number of carbonyl (C=O) groups excluding carboxylic acids is 1. The van der Waals surface area contributed by atoms with E-state index in [-0.39, 0.29) is 19.1 Å².